The highest BCUT2D eigenvalue weighted by atomic mass is 16.5. The fourth-order valence-corrected chi connectivity index (χ4v) is 1.06. The lowest BCUT2D eigenvalue weighted by atomic mass is 10.1. The van der Waals surface area contributed by atoms with Crippen LogP contribution in [0.5, 0.6) is 0 Å². The summed E-state index contributed by atoms with van der Waals surface area (Å²) in [6.45, 7) is 12.4. The number of hydrogen-bond acceptors (Lipinski definition) is 3. The number of carbonyl (C=O) groups excluding carboxylic acids is 1. The maximum Gasteiger partial charge on any atom is 0.309 e. The zero-order valence-electron chi connectivity index (χ0n) is 10.7. The zero-order valence-corrected chi connectivity index (χ0v) is 10.7. The van der Waals surface area contributed by atoms with Gasteiger partial charge in [-0.3, -0.25) is 4.79 Å². The van der Waals surface area contributed by atoms with Crippen molar-refractivity contribution < 1.29 is 9.53 Å². The molecule has 0 rings (SSSR count). The summed E-state index contributed by atoms with van der Waals surface area (Å²) in [4.78, 5) is 11.5. The van der Waals surface area contributed by atoms with Gasteiger partial charge >= 0.3 is 5.97 Å². The molecule has 0 fully saturated rings. The number of ether oxygens (including phenoxy) is 1. The van der Waals surface area contributed by atoms with Gasteiger partial charge in [0, 0.05) is 6.54 Å². The summed E-state index contributed by atoms with van der Waals surface area (Å²) < 4.78 is 5.14. The Bertz CT molecular complexity index is 178. The van der Waals surface area contributed by atoms with E-state index in [0.717, 1.165) is 6.54 Å². The molecule has 0 bridgehead atoms. The minimum absolute atomic E-state index is 0.0532. The van der Waals surface area contributed by atoms with Crippen LogP contribution in [0.1, 0.15) is 34.6 Å². The van der Waals surface area contributed by atoms with Gasteiger partial charge in [0.2, 0.25) is 0 Å². The van der Waals surface area contributed by atoms with Crippen molar-refractivity contribution in [2.75, 3.05) is 19.7 Å². The first-order chi connectivity index (χ1) is 6.93. The highest BCUT2D eigenvalue weighted by Gasteiger charge is 2.14. The molecule has 0 aliphatic heterocycles. The van der Waals surface area contributed by atoms with Gasteiger partial charge in [-0.1, -0.05) is 34.6 Å². The molecule has 0 aromatic carbocycles. The number of esters is 1. The van der Waals surface area contributed by atoms with Crippen molar-refractivity contribution in [3.63, 3.8) is 0 Å². The van der Waals surface area contributed by atoms with E-state index in [9.17, 15) is 4.79 Å². The summed E-state index contributed by atoms with van der Waals surface area (Å²) in [5.74, 6) is 0.871. The predicted molar refractivity (Wildman–Crippen MR) is 62.7 cm³/mol. The molecule has 0 radical (unpaired) electrons. The van der Waals surface area contributed by atoms with Gasteiger partial charge in [0.15, 0.2) is 0 Å². The molecule has 3 heteroatoms. The largest absolute Gasteiger partial charge is 0.465 e. The van der Waals surface area contributed by atoms with Crippen molar-refractivity contribution in [2.24, 2.45) is 17.8 Å². The Balaban J connectivity index is 3.60. The molecular formula is C12H25NO2. The van der Waals surface area contributed by atoms with Gasteiger partial charge in [-0.05, 0) is 18.4 Å². The Labute approximate surface area is 93.6 Å². The normalized spacial score (nSPS) is 13.3. The molecule has 0 amide bonds. The Morgan fingerprint density at radius 3 is 2.13 bits per heavy atom. The van der Waals surface area contributed by atoms with Crippen molar-refractivity contribution in [1.82, 2.24) is 5.32 Å². The van der Waals surface area contributed by atoms with E-state index < -0.39 is 0 Å². The zero-order chi connectivity index (χ0) is 11.8. The van der Waals surface area contributed by atoms with E-state index in [2.05, 4.69) is 19.2 Å². The van der Waals surface area contributed by atoms with Crippen LogP contribution >= 0.6 is 0 Å². The van der Waals surface area contributed by atoms with Crippen LogP contribution < -0.4 is 5.32 Å². The van der Waals surface area contributed by atoms with Crippen molar-refractivity contribution in [2.45, 2.75) is 34.6 Å². The molecule has 1 atom stereocenters. The first-order valence-corrected chi connectivity index (χ1v) is 5.80. The molecule has 1 N–H and O–H groups in total. The number of rotatable bonds is 7. The summed E-state index contributed by atoms with van der Waals surface area (Å²) in [5, 5.41) is 3.25. The van der Waals surface area contributed by atoms with E-state index in [4.69, 9.17) is 4.74 Å². The summed E-state index contributed by atoms with van der Waals surface area (Å²) in [6, 6.07) is 0. The standard InChI is InChI=1S/C12H25NO2/c1-9(2)6-13-7-11(5)12(14)15-8-10(3)4/h9-11,13H,6-8H2,1-5H3. The van der Waals surface area contributed by atoms with Crippen molar-refractivity contribution in [3.05, 3.63) is 0 Å². The molecule has 15 heavy (non-hydrogen) atoms. The minimum atomic E-state index is -0.0973. The predicted octanol–water partition coefficient (Wildman–Crippen LogP) is 2.07. The molecule has 0 aliphatic carbocycles. The molecule has 0 aromatic heterocycles. The lowest BCUT2D eigenvalue weighted by Crippen LogP contribution is -2.30. The third-order valence-electron chi connectivity index (χ3n) is 1.96. The lowest BCUT2D eigenvalue weighted by Gasteiger charge is -2.14. The number of hydrogen-bond donors (Lipinski definition) is 1. The third kappa shape index (κ3) is 8.43. The van der Waals surface area contributed by atoms with E-state index in [0.29, 0.717) is 25.0 Å². The van der Waals surface area contributed by atoms with Crippen LogP contribution in [0.2, 0.25) is 0 Å². The molecule has 90 valence electrons. The fraction of sp³-hybridized carbons (Fsp3) is 0.917. The number of nitrogens with one attached hydrogen (secondary N) is 1. The molecule has 0 spiro atoms. The van der Waals surface area contributed by atoms with Crippen molar-refractivity contribution in [1.29, 1.82) is 0 Å². The van der Waals surface area contributed by atoms with Crippen LogP contribution in [-0.2, 0) is 9.53 Å². The van der Waals surface area contributed by atoms with Gasteiger partial charge in [-0.2, -0.15) is 0 Å². The smallest absolute Gasteiger partial charge is 0.309 e. The maximum absolute atomic E-state index is 11.5. The van der Waals surface area contributed by atoms with Crippen molar-refractivity contribution in [3.8, 4) is 0 Å². The van der Waals surface area contributed by atoms with Gasteiger partial charge in [-0.15, -0.1) is 0 Å². The van der Waals surface area contributed by atoms with Gasteiger partial charge in [-0.25, -0.2) is 0 Å². The third-order valence-corrected chi connectivity index (χ3v) is 1.96. The molecule has 0 aliphatic rings. The molecule has 1 unspecified atom stereocenters. The van der Waals surface area contributed by atoms with Gasteiger partial charge in [0.05, 0.1) is 12.5 Å². The van der Waals surface area contributed by atoms with Crippen LogP contribution in [0.3, 0.4) is 0 Å². The average molecular weight is 215 g/mol. The van der Waals surface area contributed by atoms with Gasteiger partial charge < -0.3 is 10.1 Å². The topological polar surface area (TPSA) is 38.3 Å². The molecule has 3 nitrogen and oxygen atoms in total. The van der Waals surface area contributed by atoms with Crippen LogP contribution in [0.4, 0.5) is 0 Å². The molecule has 0 heterocycles. The second kappa shape index (κ2) is 7.69. The van der Waals surface area contributed by atoms with E-state index in [1.807, 2.05) is 20.8 Å². The van der Waals surface area contributed by atoms with Gasteiger partial charge in [0.1, 0.15) is 0 Å². The van der Waals surface area contributed by atoms with Crippen molar-refractivity contribution >= 4 is 5.97 Å². The van der Waals surface area contributed by atoms with Gasteiger partial charge in [0.25, 0.3) is 0 Å². The Morgan fingerprint density at radius 1 is 1.07 bits per heavy atom. The number of carbonyl (C=O) groups is 1. The van der Waals surface area contributed by atoms with Crippen LogP contribution in [0, 0.1) is 17.8 Å². The average Bonchev–Trinajstić information content (AvgIpc) is 2.13. The van der Waals surface area contributed by atoms with Crippen LogP contribution in [-0.4, -0.2) is 25.7 Å². The minimum Gasteiger partial charge on any atom is -0.465 e. The maximum atomic E-state index is 11.5. The first-order valence-electron chi connectivity index (χ1n) is 5.80. The van der Waals surface area contributed by atoms with Crippen LogP contribution in [0.25, 0.3) is 0 Å². The quantitative estimate of drug-likeness (QED) is 0.661. The Hall–Kier alpha value is -0.570. The summed E-state index contributed by atoms with van der Waals surface area (Å²) in [6.07, 6.45) is 0. The highest BCUT2D eigenvalue weighted by molar-refractivity contribution is 5.72. The van der Waals surface area contributed by atoms with E-state index >= 15 is 0 Å². The van der Waals surface area contributed by atoms with E-state index in [-0.39, 0.29) is 11.9 Å². The first kappa shape index (κ1) is 14.4. The second-order valence-electron chi connectivity index (χ2n) is 4.98. The highest BCUT2D eigenvalue weighted by Crippen LogP contribution is 2.00. The molecular weight excluding hydrogens is 190 g/mol. The molecule has 0 saturated carbocycles. The Kier molecular flexibility index (Phi) is 7.39. The second-order valence-corrected chi connectivity index (χ2v) is 4.98. The SMILES string of the molecule is CC(C)CNCC(C)C(=O)OCC(C)C. The monoisotopic (exact) mass is 215 g/mol. The molecule has 0 aromatic rings. The Morgan fingerprint density at radius 2 is 1.67 bits per heavy atom. The van der Waals surface area contributed by atoms with E-state index in [1.165, 1.54) is 0 Å². The summed E-state index contributed by atoms with van der Waals surface area (Å²) in [7, 11) is 0. The van der Waals surface area contributed by atoms with E-state index in [1.54, 1.807) is 0 Å². The fourth-order valence-electron chi connectivity index (χ4n) is 1.06. The molecule has 0 saturated heterocycles. The summed E-state index contributed by atoms with van der Waals surface area (Å²) in [5.41, 5.74) is 0. The lowest BCUT2D eigenvalue weighted by molar-refractivity contribution is -0.148. The summed E-state index contributed by atoms with van der Waals surface area (Å²) >= 11 is 0. The van der Waals surface area contributed by atoms with Crippen LogP contribution in [0.15, 0.2) is 0 Å².